The summed E-state index contributed by atoms with van der Waals surface area (Å²) in [6.45, 7) is 0. The van der Waals surface area contributed by atoms with Gasteiger partial charge in [0, 0.05) is 6.04 Å². The summed E-state index contributed by atoms with van der Waals surface area (Å²) >= 11 is 0. The highest BCUT2D eigenvalue weighted by Crippen LogP contribution is 2.44. The third-order valence-corrected chi connectivity index (χ3v) is 5.05. The number of hydrogen-bond acceptors (Lipinski definition) is 2. The van der Waals surface area contributed by atoms with Crippen molar-refractivity contribution in [1.82, 2.24) is 5.32 Å². The summed E-state index contributed by atoms with van der Waals surface area (Å²) in [6, 6.07) is 6.08. The number of aliphatic hydroxyl groups excluding tert-OH is 1. The van der Waals surface area contributed by atoms with Gasteiger partial charge in [-0.15, -0.1) is 0 Å². The van der Waals surface area contributed by atoms with Crippen LogP contribution in [0.2, 0.25) is 0 Å². The standard InChI is InChI=1S/C18H24FNO2/c19-14-8-4-7-13(9-14)17(21)11-18(22)20-16-10-15(16)12-5-2-1-3-6-12/h4,7-9,12,15-17,21H,1-3,5-6,10-11H2,(H,20,22). The van der Waals surface area contributed by atoms with Gasteiger partial charge < -0.3 is 10.4 Å². The second kappa shape index (κ2) is 6.78. The molecule has 4 heteroatoms. The minimum Gasteiger partial charge on any atom is -0.388 e. The van der Waals surface area contributed by atoms with Crippen molar-refractivity contribution in [3.05, 3.63) is 35.6 Å². The lowest BCUT2D eigenvalue weighted by Crippen LogP contribution is -2.29. The summed E-state index contributed by atoms with van der Waals surface area (Å²) in [5.41, 5.74) is 0.453. The van der Waals surface area contributed by atoms with E-state index in [0.717, 1.165) is 12.3 Å². The van der Waals surface area contributed by atoms with Crippen LogP contribution in [0.3, 0.4) is 0 Å². The summed E-state index contributed by atoms with van der Waals surface area (Å²) in [5, 5.41) is 13.1. The highest BCUT2D eigenvalue weighted by molar-refractivity contribution is 5.77. The molecule has 1 aromatic carbocycles. The molecule has 2 saturated carbocycles. The van der Waals surface area contributed by atoms with Crippen LogP contribution in [-0.2, 0) is 4.79 Å². The van der Waals surface area contributed by atoms with Crippen LogP contribution in [-0.4, -0.2) is 17.1 Å². The highest BCUT2D eigenvalue weighted by atomic mass is 19.1. The molecular weight excluding hydrogens is 281 g/mol. The Kier molecular flexibility index (Phi) is 4.77. The molecule has 2 fully saturated rings. The SMILES string of the molecule is O=C(CC(O)c1cccc(F)c1)NC1CC1C1CCCCC1. The highest BCUT2D eigenvalue weighted by Gasteiger charge is 2.43. The summed E-state index contributed by atoms with van der Waals surface area (Å²) in [4.78, 5) is 12.0. The fourth-order valence-corrected chi connectivity index (χ4v) is 3.74. The number of halogens is 1. The van der Waals surface area contributed by atoms with E-state index in [1.165, 1.54) is 44.2 Å². The fraction of sp³-hybridized carbons (Fsp3) is 0.611. The predicted molar refractivity (Wildman–Crippen MR) is 82.6 cm³/mol. The average molecular weight is 305 g/mol. The van der Waals surface area contributed by atoms with Crippen LogP contribution < -0.4 is 5.32 Å². The quantitative estimate of drug-likeness (QED) is 0.876. The molecule has 1 aromatic rings. The van der Waals surface area contributed by atoms with Gasteiger partial charge in [-0.05, 0) is 36.0 Å². The topological polar surface area (TPSA) is 49.3 Å². The molecule has 22 heavy (non-hydrogen) atoms. The minimum absolute atomic E-state index is 0.00264. The van der Waals surface area contributed by atoms with Crippen LogP contribution in [0.5, 0.6) is 0 Å². The number of carbonyl (C=O) groups excluding carboxylic acids is 1. The first-order valence-electron chi connectivity index (χ1n) is 8.36. The first-order chi connectivity index (χ1) is 10.6. The molecule has 0 radical (unpaired) electrons. The van der Waals surface area contributed by atoms with Gasteiger partial charge in [0.2, 0.25) is 5.91 Å². The Bertz CT molecular complexity index is 528. The third kappa shape index (κ3) is 3.86. The zero-order valence-electron chi connectivity index (χ0n) is 12.8. The van der Waals surface area contributed by atoms with Gasteiger partial charge in [-0.3, -0.25) is 4.79 Å². The van der Waals surface area contributed by atoms with Gasteiger partial charge in [0.15, 0.2) is 0 Å². The Labute approximate surface area is 130 Å². The van der Waals surface area contributed by atoms with Crippen molar-refractivity contribution in [2.45, 2.75) is 57.1 Å². The van der Waals surface area contributed by atoms with Crippen LogP contribution in [0.25, 0.3) is 0 Å². The summed E-state index contributed by atoms with van der Waals surface area (Å²) in [7, 11) is 0. The van der Waals surface area contributed by atoms with Gasteiger partial charge in [0.1, 0.15) is 5.82 Å². The molecule has 3 nitrogen and oxygen atoms in total. The number of carbonyl (C=O) groups is 1. The van der Waals surface area contributed by atoms with Gasteiger partial charge >= 0.3 is 0 Å². The van der Waals surface area contributed by atoms with E-state index in [1.54, 1.807) is 12.1 Å². The molecule has 120 valence electrons. The summed E-state index contributed by atoms with van der Waals surface area (Å²) < 4.78 is 13.1. The molecule has 0 spiro atoms. The van der Waals surface area contributed by atoms with Gasteiger partial charge in [0.25, 0.3) is 0 Å². The smallest absolute Gasteiger partial charge is 0.223 e. The predicted octanol–water partition coefficient (Wildman–Crippen LogP) is 3.33. The van der Waals surface area contributed by atoms with Gasteiger partial charge in [-0.25, -0.2) is 4.39 Å². The lowest BCUT2D eigenvalue weighted by molar-refractivity contribution is -0.123. The number of nitrogens with one attached hydrogen (secondary N) is 1. The van der Waals surface area contributed by atoms with E-state index >= 15 is 0 Å². The Morgan fingerprint density at radius 2 is 2.09 bits per heavy atom. The van der Waals surface area contributed by atoms with Crippen LogP contribution >= 0.6 is 0 Å². The average Bonchev–Trinajstić information content (AvgIpc) is 3.27. The first-order valence-corrected chi connectivity index (χ1v) is 8.36. The molecule has 3 unspecified atom stereocenters. The Morgan fingerprint density at radius 1 is 1.32 bits per heavy atom. The minimum atomic E-state index is -0.942. The molecular formula is C18H24FNO2. The van der Waals surface area contributed by atoms with Gasteiger partial charge in [-0.1, -0.05) is 44.2 Å². The maximum atomic E-state index is 13.1. The molecule has 3 atom stereocenters. The molecule has 1 amide bonds. The normalized spacial score (nSPS) is 26.5. The van der Waals surface area contributed by atoms with Crippen molar-refractivity contribution in [2.24, 2.45) is 11.8 Å². The van der Waals surface area contributed by atoms with E-state index in [-0.39, 0.29) is 18.4 Å². The number of hydrogen-bond donors (Lipinski definition) is 2. The molecule has 0 aliphatic heterocycles. The molecule has 3 rings (SSSR count). The third-order valence-electron chi connectivity index (χ3n) is 5.05. The number of rotatable bonds is 5. The summed E-state index contributed by atoms with van der Waals surface area (Å²) in [5.74, 6) is 0.874. The zero-order chi connectivity index (χ0) is 15.5. The monoisotopic (exact) mass is 305 g/mol. The maximum absolute atomic E-state index is 13.1. The van der Waals surface area contributed by atoms with E-state index in [4.69, 9.17) is 0 Å². The molecule has 2 aliphatic carbocycles. The van der Waals surface area contributed by atoms with Crippen molar-refractivity contribution in [1.29, 1.82) is 0 Å². The van der Waals surface area contributed by atoms with Crippen molar-refractivity contribution in [3.63, 3.8) is 0 Å². The fourth-order valence-electron chi connectivity index (χ4n) is 3.74. The van der Waals surface area contributed by atoms with Crippen LogP contribution in [0.4, 0.5) is 4.39 Å². The van der Waals surface area contributed by atoms with Crippen molar-refractivity contribution < 1.29 is 14.3 Å². The molecule has 0 heterocycles. The number of aliphatic hydroxyl groups is 1. The molecule has 0 aromatic heterocycles. The molecule has 0 bridgehead atoms. The Balaban J connectivity index is 1.45. The largest absolute Gasteiger partial charge is 0.388 e. The number of amides is 1. The van der Waals surface area contributed by atoms with E-state index in [1.807, 2.05) is 0 Å². The van der Waals surface area contributed by atoms with Crippen molar-refractivity contribution in [3.8, 4) is 0 Å². The van der Waals surface area contributed by atoms with Crippen LogP contribution in [0, 0.1) is 17.7 Å². The van der Waals surface area contributed by atoms with E-state index in [2.05, 4.69) is 5.32 Å². The van der Waals surface area contributed by atoms with Crippen LogP contribution in [0.1, 0.15) is 56.6 Å². The van der Waals surface area contributed by atoms with Crippen molar-refractivity contribution in [2.75, 3.05) is 0 Å². The molecule has 2 aliphatic rings. The number of benzene rings is 1. The zero-order valence-corrected chi connectivity index (χ0v) is 12.8. The van der Waals surface area contributed by atoms with E-state index in [0.29, 0.717) is 11.5 Å². The van der Waals surface area contributed by atoms with Gasteiger partial charge in [0.05, 0.1) is 12.5 Å². The lowest BCUT2D eigenvalue weighted by atomic mass is 9.85. The van der Waals surface area contributed by atoms with E-state index < -0.39 is 11.9 Å². The Hall–Kier alpha value is -1.42. The Morgan fingerprint density at radius 3 is 2.82 bits per heavy atom. The maximum Gasteiger partial charge on any atom is 0.223 e. The van der Waals surface area contributed by atoms with Crippen molar-refractivity contribution >= 4 is 5.91 Å². The summed E-state index contributed by atoms with van der Waals surface area (Å²) in [6.07, 6.45) is 6.71. The van der Waals surface area contributed by atoms with Crippen LogP contribution in [0.15, 0.2) is 24.3 Å². The lowest BCUT2D eigenvalue weighted by Gasteiger charge is -2.21. The van der Waals surface area contributed by atoms with E-state index in [9.17, 15) is 14.3 Å². The second-order valence-corrected chi connectivity index (χ2v) is 6.75. The second-order valence-electron chi connectivity index (χ2n) is 6.75. The first kappa shape index (κ1) is 15.5. The molecule has 0 saturated heterocycles. The van der Waals surface area contributed by atoms with Gasteiger partial charge in [-0.2, -0.15) is 0 Å². The molecule has 2 N–H and O–H groups in total.